The van der Waals surface area contributed by atoms with E-state index in [-0.39, 0.29) is 17.7 Å². The van der Waals surface area contributed by atoms with Crippen LogP contribution in [0.4, 0.5) is 5.82 Å². The van der Waals surface area contributed by atoms with Gasteiger partial charge >= 0.3 is 0 Å². The molecule has 0 bridgehead atoms. The van der Waals surface area contributed by atoms with Crippen molar-refractivity contribution in [2.45, 2.75) is 19.4 Å². The van der Waals surface area contributed by atoms with Crippen molar-refractivity contribution in [1.29, 1.82) is 0 Å². The number of hydrogen-bond donors (Lipinski definition) is 2. The normalized spacial score (nSPS) is 15.6. The first-order valence-electron chi connectivity index (χ1n) is 8.54. The molecule has 8 heteroatoms. The number of anilines is 1. The summed E-state index contributed by atoms with van der Waals surface area (Å²) in [5.74, 6) is 1.18. The molecular formula is C18H21BrN4O3. The van der Waals surface area contributed by atoms with E-state index < -0.39 is 0 Å². The maximum absolute atomic E-state index is 12.3. The molecule has 1 saturated heterocycles. The van der Waals surface area contributed by atoms with E-state index in [0.717, 1.165) is 36.2 Å². The van der Waals surface area contributed by atoms with Crippen LogP contribution in [0.1, 0.15) is 18.6 Å². The number of piperidine rings is 1. The van der Waals surface area contributed by atoms with Crippen molar-refractivity contribution >= 4 is 33.6 Å². The van der Waals surface area contributed by atoms with Gasteiger partial charge in [0.25, 0.3) is 0 Å². The molecule has 0 unspecified atom stereocenters. The zero-order valence-corrected chi connectivity index (χ0v) is 15.9. The summed E-state index contributed by atoms with van der Waals surface area (Å²) in [5.41, 5.74) is 0. The molecular weight excluding hydrogens is 400 g/mol. The van der Waals surface area contributed by atoms with Gasteiger partial charge in [0.1, 0.15) is 11.6 Å². The highest BCUT2D eigenvalue weighted by molar-refractivity contribution is 9.10. The second-order valence-corrected chi connectivity index (χ2v) is 7.17. The van der Waals surface area contributed by atoms with Gasteiger partial charge in [0.15, 0.2) is 0 Å². The second-order valence-electron chi connectivity index (χ2n) is 6.26. The van der Waals surface area contributed by atoms with E-state index in [1.807, 2.05) is 12.1 Å². The van der Waals surface area contributed by atoms with Gasteiger partial charge in [0, 0.05) is 16.6 Å². The van der Waals surface area contributed by atoms with Crippen molar-refractivity contribution < 1.29 is 14.0 Å². The molecule has 0 aromatic carbocycles. The molecule has 2 aromatic heterocycles. The summed E-state index contributed by atoms with van der Waals surface area (Å²) in [4.78, 5) is 30.6. The number of carbonyl (C=O) groups is 2. The van der Waals surface area contributed by atoms with Crippen molar-refractivity contribution in [3.63, 3.8) is 0 Å². The number of furan rings is 1. The fourth-order valence-corrected chi connectivity index (χ4v) is 3.12. The van der Waals surface area contributed by atoms with E-state index in [2.05, 4.69) is 36.4 Å². The largest absolute Gasteiger partial charge is 0.467 e. The Balaban J connectivity index is 1.38. The molecule has 2 N–H and O–H groups in total. The van der Waals surface area contributed by atoms with Gasteiger partial charge < -0.3 is 15.1 Å². The number of carbonyl (C=O) groups excluding carboxylic acids is 2. The average Bonchev–Trinajstić information content (AvgIpc) is 3.16. The molecule has 0 saturated carbocycles. The summed E-state index contributed by atoms with van der Waals surface area (Å²) in [6.07, 6.45) is 4.70. The lowest BCUT2D eigenvalue weighted by Gasteiger charge is -2.30. The Hall–Kier alpha value is -2.19. The minimum atomic E-state index is -0.0529. The Morgan fingerprint density at radius 3 is 2.73 bits per heavy atom. The van der Waals surface area contributed by atoms with Gasteiger partial charge in [-0.15, -0.1) is 0 Å². The van der Waals surface area contributed by atoms with E-state index in [1.54, 1.807) is 24.6 Å². The van der Waals surface area contributed by atoms with Gasteiger partial charge in [0.05, 0.1) is 19.4 Å². The number of amides is 2. The van der Waals surface area contributed by atoms with Gasteiger partial charge in [-0.25, -0.2) is 4.98 Å². The van der Waals surface area contributed by atoms with Crippen LogP contribution in [0, 0.1) is 5.92 Å². The molecule has 1 aliphatic heterocycles. The van der Waals surface area contributed by atoms with Crippen LogP contribution < -0.4 is 10.6 Å². The third kappa shape index (κ3) is 5.40. The standard InChI is InChI=1S/C18H21BrN4O3/c19-14-3-4-16(20-10-14)22-18(25)13-5-7-23(8-6-13)12-17(24)21-11-15-2-1-9-26-15/h1-4,9-10,13H,5-8,11-12H2,(H,21,24)(H,20,22,25). The third-order valence-corrected chi connectivity index (χ3v) is 4.81. The van der Waals surface area contributed by atoms with Gasteiger partial charge in [-0.3, -0.25) is 14.5 Å². The number of halogens is 1. The number of nitrogens with one attached hydrogen (secondary N) is 2. The van der Waals surface area contributed by atoms with Gasteiger partial charge in [-0.2, -0.15) is 0 Å². The SMILES string of the molecule is O=C(CN1CCC(C(=O)Nc2ccc(Br)cn2)CC1)NCc1ccco1. The highest BCUT2D eigenvalue weighted by Crippen LogP contribution is 2.19. The van der Waals surface area contributed by atoms with Gasteiger partial charge in [-0.05, 0) is 66.1 Å². The number of rotatable bonds is 6. The Morgan fingerprint density at radius 1 is 1.27 bits per heavy atom. The molecule has 2 aromatic rings. The summed E-state index contributed by atoms with van der Waals surface area (Å²) in [7, 11) is 0. The monoisotopic (exact) mass is 420 g/mol. The molecule has 1 fully saturated rings. The Bertz CT molecular complexity index is 725. The van der Waals surface area contributed by atoms with Gasteiger partial charge in [-0.1, -0.05) is 0 Å². The molecule has 3 rings (SSSR count). The van der Waals surface area contributed by atoms with E-state index in [1.165, 1.54) is 0 Å². The first kappa shape index (κ1) is 18.6. The molecule has 0 atom stereocenters. The van der Waals surface area contributed by atoms with Crippen molar-refractivity contribution in [2.24, 2.45) is 5.92 Å². The Morgan fingerprint density at radius 2 is 2.08 bits per heavy atom. The molecule has 0 radical (unpaired) electrons. The molecule has 7 nitrogen and oxygen atoms in total. The minimum Gasteiger partial charge on any atom is -0.467 e. The zero-order valence-electron chi connectivity index (χ0n) is 14.3. The quantitative estimate of drug-likeness (QED) is 0.748. The maximum atomic E-state index is 12.3. The van der Waals surface area contributed by atoms with Crippen LogP contribution in [0.3, 0.4) is 0 Å². The van der Waals surface area contributed by atoms with Crippen LogP contribution in [0.5, 0.6) is 0 Å². The summed E-state index contributed by atoms with van der Waals surface area (Å²) < 4.78 is 6.06. The van der Waals surface area contributed by atoms with E-state index in [0.29, 0.717) is 18.9 Å². The number of hydrogen-bond acceptors (Lipinski definition) is 5. The topological polar surface area (TPSA) is 87.5 Å². The second kappa shape index (κ2) is 8.95. The van der Waals surface area contributed by atoms with Gasteiger partial charge in [0.2, 0.25) is 11.8 Å². The zero-order chi connectivity index (χ0) is 18.4. The lowest BCUT2D eigenvalue weighted by atomic mass is 9.96. The highest BCUT2D eigenvalue weighted by Gasteiger charge is 2.26. The van der Waals surface area contributed by atoms with E-state index >= 15 is 0 Å². The van der Waals surface area contributed by atoms with Crippen LogP contribution in [0.25, 0.3) is 0 Å². The number of pyridine rings is 1. The van der Waals surface area contributed by atoms with Crippen LogP contribution >= 0.6 is 15.9 Å². The van der Waals surface area contributed by atoms with Crippen LogP contribution in [-0.4, -0.2) is 41.3 Å². The highest BCUT2D eigenvalue weighted by atomic mass is 79.9. The molecule has 0 aliphatic carbocycles. The Labute approximate surface area is 160 Å². The summed E-state index contributed by atoms with van der Waals surface area (Å²) >= 11 is 3.32. The number of likely N-dealkylation sites (tertiary alicyclic amines) is 1. The number of aromatic nitrogens is 1. The van der Waals surface area contributed by atoms with Crippen molar-refractivity contribution in [2.75, 3.05) is 25.0 Å². The van der Waals surface area contributed by atoms with Crippen molar-refractivity contribution in [3.05, 3.63) is 47.0 Å². The lowest BCUT2D eigenvalue weighted by molar-refractivity contribution is -0.123. The molecule has 26 heavy (non-hydrogen) atoms. The van der Waals surface area contributed by atoms with E-state index in [4.69, 9.17) is 4.42 Å². The average molecular weight is 421 g/mol. The molecule has 1 aliphatic rings. The maximum Gasteiger partial charge on any atom is 0.234 e. The summed E-state index contributed by atoms with van der Waals surface area (Å²) in [6.45, 7) is 2.17. The fraction of sp³-hybridized carbons (Fsp3) is 0.389. The lowest BCUT2D eigenvalue weighted by Crippen LogP contribution is -2.43. The van der Waals surface area contributed by atoms with Crippen LogP contribution in [0.2, 0.25) is 0 Å². The Kier molecular flexibility index (Phi) is 6.40. The fourth-order valence-electron chi connectivity index (χ4n) is 2.89. The number of nitrogens with zero attached hydrogens (tertiary/aromatic N) is 2. The van der Waals surface area contributed by atoms with E-state index in [9.17, 15) is 9.59 Å². The minimum absolute atomic E-state index is 0.0123. The molecule has 3 heterocycles. The van der Waals surface area contributed by atoms with Crippen molar-refractivity contribution in [1.82, 2.24) is 15.2 Å². The van der Waals surface area contributed by atoms with Crippen LogP contribution in [0.15, 0.2) is 45.6 Å². The summed E-state index contributed by atoms with van der Waals surface area (Å²) in [5, 5.41) is 5.69. The first-order chi connectivity index (χ1) is 12.6. The van der Waals surface area contributed by atoms with Crippen LogP contribution in [-0.2, 0) is 16.1 Å². The van der Waals surface area contributed by atoms with Crippen molar-refractivity contribution in [3.8, 4) is 0 Å². The molecule has 2 amide bonds. The first-order valence-corrected chi connectivity index (χ1v) is 9.33. The smallest absolute Gasteiger partial charge is 0.234 e. The predicted octanol–water partition coefficient (Wildman–Crippen LogP) is 2.40. The summed E-state index contributed by atoms with van der Waals surface area (Å²) in [6, 6.07) is 7.22. The molecule has 0 spiro atoms. The predicted molar refractivity (Wildman–Crippen MR) is 100 cm³/mol. The molecule has 138 valence electrons. The third-order valence-electron chi connectivity index (χ3n) is 4.34.